The van der Waals surface area contributed by atoms with Crippen molar-refractivity contribution in [2.24, 2.45) is 0 Å². The van der Waals surface area contributed by atoms with Crippen molar-refractivity contribution >= 4 is 50.5 Å². The highest BCUT2D eigenvalue weighted by Crippen LogP contribution is 2.24. The molecule has 0 unspecified atom stereocenters. The third-order valence-electron chi connectivity index (χ3n) is 3.51. The number of nitrogens with zero attached hydrogens (tertiary/aromatic N) is 1. The van der Waals surface area contributed by atoms with Gasteiger partial charge in [-0.1, -0.05) is 23.2 Å². The third-order valence-corrected chi connectivity index (χ3v) is 5.15. The first-order valence-electron chi connectivity index (χ1n) is 7.54. The van der Waals surface area contributed by atoms with Crippen LogP contribution in [0.2, 0.25) is 10.0 Å². The van der Waals surface area contributed by atoms with E-state index in [0.29, 0.717) is 27.2 Å². The van der Waals surface area contributed by atoms with Gasteiger partial charge in [0.2, 0.25) is 10.0 Å². The lowest BCUT2D eigenvalue weighted by Crippen LogP contribution is -2.30. The van der Waals surface area contributed by atoms with Gasteiger partial charge >= 0.3 is 0 Å². The summed E-state index contributed by atoms with van der Waals surface area (Å²) in [6.45, 7) is 1.60. The average Bonchev–Trinajstić information content (AvgIpc) is 2.53. The molecule has 6 nitrogen and oxygen atoms in total. The van der Waals surface area contributed by atoms with Crippen molar-refractivity contribution in [1.29, 1.82) is 0 Å². The maximum absolute atomic E-state index is 12.2. The second kappa shape index (κ2) is 8.16. The Labute approximate surface area is 162 Å². The van der Waals surface area contributed by atoms with Crippen LogP contribution in [0, 0.1) is 0 Å². The van der Waals surface area contributed by atoms with Gasteiger partial charge in [0.1, 0.15) is 5.75 Å². The molecule has 0 aromatic heterocycles. The van der Waals surface area contributed by atoms with Crippen LogP contribution in [0.25, 0.3) is 0 Å². The summed E-state index contributed by atoms with van der Waals surface area (Å²) < 4.78 is 29.8. The van der Waals surface area contributed by atoms with Gasteiger partial charge in [0.05, 0.1) is 11.9 Å². The molecule has 1 N–H and O–H groups in total. The Morgan fingerprint density at radius 2 is 1.65 bits per heavy atom. The van der Waals surface area contributed by atoms with E-state index in [1.165, 1.54) is 7.05 Å². The highest BCUT2D eigenvalue weighted by atomic mass is 35.5. The minimum absolute atomic E-state index is 0.374. The molecule has 0 fully saturated rings. The fraction of sp³-hybridized carbons (Fsp3) is 0.235. The van der Waals surface area contributed by atoms with Gasteiger partial charge in [-0.25, -0.2) is 8.42 Å². The zero-order valence-electron chi connectivity index (χ0n) is 14.4. The van der Waals surface area contributed by atoms with Crippen LogP contribution in [-0.4, -0.2) is 33.7 Å². The fourth-order valence-corrected chi connectivity index (χ4v) is 3.08. The molecular weight excluding hydrogens is 399 g/mol. The van der Waals surface area contributed by atoms with Crippen LogP contribution < -0.4 is 14.4 Å². The summed E-state index contributed by atoms with van der Waals surface area (Å²) in [6.07, 6.45) is 0.331. The summed E-state index contributed by atoms with van der Waals surface area (Å²) in [5.41, 5.74) is 0.957. The van der Waals surface area contributed by atoms with Crippen molar-refractivity contribution in [3.8, 4) is 5.75 Å². The van der Waals surface area contributed by atoms with Crippen LogP contribution in [0.15, 0.2) is 42.5 Å². The molecule has 140 valence electrons. The number of sulfonamides is 1. The van der Waals surface area contributed by atoms with Crippen molar-refractivity contribution in [3.63, 3.8) is 0 Å². The van der Waals surface area contributed by atoms with Gasteiger partial charge in [-0.05, 0) is 49.4 Å². The average molecular weight is 417 g/mol. The van der Waals surface area contributed by atoms with Gasteiger partial charge in [0.15, 0.2) is 6.10 Å². The van der Waals surface area contributed by atoms with Gasteiger partial charge in [0.25, 0.3) is 5.91 Å². The Morgan fingerprint density at radius 3 is 2.15 bits per heavy atom. The smallest absolute Gasteiger partial charge is 0.265 e. The fourth-order valence-electron chi connectivity index (χ4n) is 2.05. The molecule has 2 rings (SSSR count). The number of anilines is 2. The van der Waals surface area contributed by atoms with E-state index >= 15 is 0 Å². The largest absolute Gasteiger partial charge is 0.481 e. The second-order valence-corrected chi connectivity index (χ2v) is 8.52. The second-order valence-electron chi connectivity index (χ2n) is 5.63. The summed E-state index contributed by atoms with van der Waals surface area (Å²) >= 11 is 11.8. The lowest BCUT2D eigenvalue weighted by molar-refractivity contribution is -0.122. The van der Waals surface area contributed by atoms with Crippen LogP contribution in [0.5, 0.6) is 5.75 Å². The van der Waals surface area contributed by atoms with Crippen LogP contribution in [-0.2, 0) is 14.8 Å². The van der Waals surface area contributed by atoms with Gasteiger partial charge in [-0.15, -0.1) is 0 Å². The first-order valence-corrected chi connectivity index (χ1v) is 10.1. The Hall–Kier alpha value is -1.96. The monoisotopic (exact) mass is 416 g/mol. The minimum atomic E-state index is -3.34. The molecule has 0 radical (unpaired) electrons. The molecule has 0 heterocycles. The highest BCUT2D eigenvalue weighted by molar-refractivity contribution is 7.92. The summed E-state index contributed by atoms with van der Waals surface area (Å²) in [5, 5.41) is 3.49. The zero-order valence-corrected chi connectivity index (χ0v) is 16.7. The normalized spacial score (nSPS) is 12.3. The quantitative estimate of drug-likeness (QED) is 0.776. The van der Waals surface area contributed by atoms with E-state index in [-0.39, 0.29) is 5.91 Å². The van der Waals surface area contributed by atoms with E-state index < -0.39 is 16.1 Å². The molecule has 0 bridgehead atoms. The molecule has 0 aliphatic heterocycles. The molecular formula is C17H18Cl2N2O4S. The number of carbonyl (C=O) groups is 1. The maximum atomic E-state index is 12.2. The number of amides is 1. The Morgan fingerprint density at radius 1 is 1.12 bits per heavy atom. The highest BCUT2D eigenvalue weighted by Gasteiger charge is 2.16. The van der Waals surface area contributed by atoms with E-state index in [2.05, 4.69) is 5.32 Å². The lowest BCUT2D eigenvalue weighted by Gasteiger charge is -2.18. The van der Waals surface area contributed by atoms with Gasteiger partial charge in [-0.3, -0.25) is 9.10 Å². The Bertz CT molecular complexity index is 881. The Balaban J connectivity index is 2.02. The molecule has 2 aromatic carbocycles. The SMILES string of the molecule is C[C@H](Oc1ccc(N(C)S(C)(=O)=O)cc1)C(=O)Nc1cc(Cl)cc(Cl)c1. The molecule has 0 spiro atoms. The van der Waals surface area contributed by atoms with E-state index in [0.717, 1.165) is 10.6 Å². The van der Waals surface area contributed by atoms with Crippen molar-refractivity contribution < 1.29 is 17.9 Å². The van der Waals surface area contributed by atoms with E-state index in [4.69, 9.17) is 27.9 Å². The number of hydrogen-bond donors (Lipinski definition) is 1. The molecule has 0 saturated heterocycles. The summed E-state index contributed by atoms with van der Waals surface area (Å²) in [4.78, 5) is 12.2. The molecule has 0 aliphatic rings. The number of ether oxygens (including phenoxy) is 1. The number of nitrogens with one attached hydrogen (secondary N) is 1. The van der Waals surface area contributed by atoms with Crippen molar-refractivity contribution in [2.45, 2.75) is 13.0 Å². The van der Waals surface area contributed by atoms with Gasteiger partial charge < -0.3 is 10.1 Å². The first-order chi connectivity index (χ1) is 12.1. The standard InChI is InChI=1S/C17H18Cl2N2O4S/c1-11(17(22)20-14-9-12(18)8-13(19)10-14)25-16-6-4-15(5-7-16)21(2)26(3,23)24/h4-11H,1-3H3,(H,20,22)/t11-/m0/s1. The summed E-state index contributed by atoms with van der Waals surface area (Å²) in [7, 11) is -1.88. The molecule has 1 amide bonds. The zero-order chi connectivity index (χ0) is 19.5. The first kappa shape index (κ1) is 20.4. The van der Waals surface area contributed by atoms with Crippen LogP contribution in [0.1, 0.15) is 6.92 Å². The number of carbonyl (C=O) groups excluding carboxylic acids is 1. The molecule has 26 heavy (non-hydrogen) atoms. The predicted molar refractivity (Wildman–Crippen MR) is 105 cm³/mol. The minimum Gasteiger partial charge on any atom is -0.481 e. The number of benzene rings is 2. The van der Waals surface area contributed by atoms with Crippen molar-refractivity contribution in [2.75, 3.05) is 22.9 Å². The van der Waals surface area contributed by atoms with Crippen molar-refractivity contribution in [1.82, 2.24) is 0 Å². The van der Waals surface area contributed by atoms with E-state index in [1.54, 1.807) is 49.4 Å². The number of rotatable bonds is 6. The molecule has 0 saturated carbocycles. The molecule has 1 atom stereocenters. The van der Waals surface area contributed by atoms with Crippen LogP contribution in [0.4, 0.5) is 11.4 Å². The predicted octanol–water partition coefficient (Wildman–Crippen LogP) is 3.80. The third kappa shape index (κ3) is 5.52. The van der Waals surface area contributed by atoms with Crippen LogP contribution >= 0.6 is 23.2 Å². The lowest BCUT2D eigenvalue weighted by atomic mass is 10.2. The van der Waals surface area contributed by atoms with Crippen LogP contribution in [0.3, 0.4) is 0 Å². The molecule has 2 aromatic rings. The summed E-state index contributed by atoms with van der Waals surface area (Å²) in [5.74, 6) is 0.0584. The molecule has 0 aliphatic carbocycles. The number of hydrogen-bond acceptors (Lipinski definition) is 4. The van der Waals surface area contributed by atoms with Gasteiger partial charge in [-0.2, -0.15) is 0 Å². The molecule has 9 heteroatoms. The van der Waals surface area contributed by atoms with E-state index in [9.17, 15) is 13.2 Å². The number of halogens is 2. The Kier molecular flexibility index (Phi) is 6.39. The van der Waals surface area contributed by atoms with Gasteiger partial charge in [0, 0.05) is 22.8 Å². The summed E-state index contributed by atoms with van der Waals surface area (Å²) in [6, 6.07) is 11.1. The van der Waals surface area contributed by atoms with E-state index in [1.807, 2.05) is 0 Å². The topological polar surface area (TPSA) is 75.7 Å². The maximum Gasteiger partial charge on any atom is 0.265 e. The van der Waals surface area contributed by atoms with Crippen molar-refractivity contribution in [3.05, 3.63) is 52.5 Å².